The van der Waals surface area contributed by atoms with E-state index in [1.807, 2.05) is 31.2 Å². The first-order chi connectivity index (χ1) is 8.74. The fourth-order valence-corrected chi connectivity index (χ4v) is 1.45. The lowest BCUT2D eigenvalue weighted by Crippen LogP contribution is -2.12. The highest BCUT2D eigenvalue weighted by Crippen LogP contribution is 2.12. The Hall–Kier alpha value is -1.17. The van der Waals surface area contributed by atoms with Crippen molar-refractivity contribution >= 4 is 17.2 Å². The van der Waals surface area contributed by atoms with E-state index in [2.05, 4.69) is 0 Å². The van der Waals surface area contributed by atoms with Crippen molar-refractivity contribution in [1.29, 1.82) is 0 Å². The molecule has 0 spiro atoms. The summed E-state index contributed by atoms with van der Waals surface area (Å²) < 4.78 is 16.0. The molecule has 0 saturated carbocycles. The third kappa shape index (κ3) is 5.95. The Morgan fingerprint density at radius 3 is 2.61 bits per heavy atom. The van der Waals surface area contributed by atoms with E-state index >= 15 is 0 Å². The van der Waals surface area contributed by atoms with Crippen LogP contribution in [0.4, 0.5) is 0 Å². The maximum Gasteiger partial charge on any atom is 0.120 e. The van der Waals surface area contributed by atoms with Crippen LogP contribution in [-0.2, 0) is 9.47 Å². The van der Waals surface area contributed by atoms with Crippen LogP contribution < -0.4 is 10.5 Å². The monoisotopic (exact) mass is 269 g/mol. The molecule has 4 nitrogen and oxygen atoms in total. The fourth-order valence-electron chi connectivity index (χ4n) is 1.32. The van der Waals surface area contributed by atoms with Crippen LogP contribution in [0.2, 0.25) is 0 Å². The molecule has 0 amide bonds. The van der Waals surface area contributed by atoms with E-state index < -0.39 is 0 Å². The van der Waals surface area contributed by atoms with Crippen LogP contribution in [0.1, 0.15) is 12.5 Å². The van der Waals surface area contributed by atoms with Crippen LogP contribution in [0.5, 0.6) is 5.75 Å². The first-order valence-corrected chi connectivity index (χ1v) is 6.33. The highest BCUT2D eigenvalue weighted by molar-refractivity contribution is 7.80. The number of ether oxygens (including phenoxy) is 3. The second-order valence-electron chi connectivity index (χ2n) is 3.55. The zero-order chi connectivity index (χ0) is 13.2. The van der Waals surface area contributed by atoms with Crippen molar-refractivity contribution in [3.8, 4) is 5.75 Å². The van der Waals surface area contributed by atoms with E-state index in [9.17, 15) is 0 Å². The lowest BCUT2D eigenvalue weighted by atomic mass is 10.2. The number of hydrogen-bond acceptors (Lipinski definition) is 4. The zero-order valence-corrected chi connectivity index (χ0v) is 11.4. The minimum Gasteiger partial charge on any atom is -0.491 e. The van der Waals surface area contributed by atoms with Crippen LogP contribution in [0.15, 0.2) is 24.3 Å². The van der Waals surface area contributed by atoms with Gasteiger partial charge >= 0.3 is 0 Å². The zero-order valence-electron chi connectivity index (χ0n) is 10.6. The van der Waals surface area contributed by atoms with Gasteiger partial charge in [0.15, 0.2) is 0 Å². The van der Waals surface area contributed by atoms with E-state index in [0.717, 1.165) is 11.3 Å². The molecule has 1 rings (SSSR count). The lowest BCUT2D eigenvalue weighted by molar-refractivity contribution is 0.0405. The molecule has 18 heavy (non-hydrogen) atoms. The van der Waals surface area contributed by atoms with Gasteiger partial charge in [0.05, 0.1) is 19.8 Å². The van der Waals surface area contributed by atoms with Crippen LogP contribution in [0.25, 0.3) is 0 Å². The molecular weight excluding hydrogens is 250 g/mol. The number of rotatable bonds is 9. The maximum atomic E-state index is 5.54. The third-order valence-corrected chi connectivity index (χ3v) is 2.43. The molecule has 0 bridgehead atoms. The highest BCUT2D eigenvalue weighted by atomic mass is 32.1. The Balaban J connectivity index is 2.19. The molecule has 0 aromatic heterocycles. The highest BCUT2D eigenvalue weighted by Gasteiger charge is 1.99. The Morgan fingerprint density at radius 2 is 1.89 bits per heavy atom. The average molecular weight is 269 g/mol. The number of benzene rings is 1. The molecule has 0 heterocycles. The largest absolute Gasteiger partial charge is 0.491 e. The van der Waals surface area contributed by atoms with Crippen molar-refractivity contribution in [1.82, 2.24) is 0 Å². The van der Waals surface area contributed by atoms with Gasteiger partial charge in [-0.3, -0.25) is 0 Å². The van der Waals surface area contributed by atoms with Crippen molar-refractivity contribution in [2.45, 2.75) is 6.92 Å². The fraction of sp³-hybridized carbons (Fsp3) is 0.462. The van der Waals surface area contributed by atoms with Crippen LogP contribution >= 0.6 is 12.2 Å². The van der Waals surface area contributed by atoms with Gasteiger partial charge in [0, 0.05) is 12.2 Å². The van der Waals surface area contributed by atoms with Gasteiger partial charge in [0.2, 0.25) is 0 Å². The van der Waals surface area contributed by atoms with Crippen LogP contribution in [-0.4, -0.2) is 38.0 Å². The summed E-state index contributed by atoms with van der Waals surface area (Å²) in [5.74, 6) is 0.744. The lowest BCUT2D eigenvalue weighted by Gasteiger charge is -2.08. The van der Waals surface area contributed by atoms with Gasteiger partial charge in [-0.1, -0.05) is 24.4 Å². The first kappa shape index (κ1) is 14.9. The molecule has 0 unspecified atom stereocenters. The average Bonchev–Trinajstić information content (AvgIpc) is 2.38. The smallest absolute Gasteiger partial charge is 0.120 e. The molecule has 5 heteroatoms. The first-order valence-electron chi connectivity index (χ1n) is 5.92. The van der Waals surface area contributed by atoms with E-state index in [1.165, 1.54) is 0 Å². The molecule has 0 saturated heterocycles. The van der Waals surface area contributed by atoms with Crippen molar-refractivity contribution in [2.75, 3.05) is 33.0 Å². The Labute approximate surface area is 113 Å². The van der Waals surface area contributed by atoms with Crippen molar-refractivity contribution in [3.05, 3.63) is 29.8 Å². The predicted molar refractivity (Wildman–Crippen MR) is 75.1 cm³/mol. The summed E-state index contributed by atoms with van der Waals surface area (Å²) in [6, 6.07) is 7.40. The minimum absolute atomic E-state index is 0.369. The van der Waals surface area contributed by atoms with E-state index in [1.54, 1.807) is 0 Å². The van der Waals surface area contributed by atoms with Crippen molar-refractivity contribution in [2.24, 2.45) is 5.73 Å². The van der Waals surface area contributed by atoms with E-state index in [-0.39, 0.29) is 0 Å². The van der Waals surface area contributed by atoms with E-state index in [0.29, 0.717) is 38.0 Å². The van der Waals surface area contributed by atoms with Gasteiger partial charge in [-0.15, -0.1) is 0 Å². The molecule has 1 aromatic rings. The Kier molecular flexibility index (Phi) is 7.32. The van der Waals surface area contributed by atoms with Gasteiger partial charge in [0.1, 0.15) is 17.3 Å². The second-order valence-corrected chi connectivity index (χ2v) is 3.99. The molecule has 1 aromatic carbocycles. The molecule has 0 fully saturated rings. The SMILES string of the molecule is CCOCCOCCOc1cccc(C(N)=S)c1. The number of hydrogen-bond donors (Lipinski definition) is 1. The van der Waals surface area contributed by atoms with Gasteiger partial charge < -0.3 is 19.9 Å². The van der Waals surface area contributed by atoms with Gasteiger partial charge in [-0.2, -0.15) is 0 Å². The third-order valence-electron chi connectivity index (χ3n) is 2.19. The normalized spacial score (nSPS) is 10.3. The van der Waals surface area contributed by atoms with Crippen LogP contribution in [0.3, 0.4) is 0 Å². The molecule has 0 radical (unpaired) electrons. The number of nitrogens with two attached hydrogens (primary N) is 1. The van der Waals surface area contributed by atoms with Crippen molar-refractivity contribution in [3.63, 3.8) is 0 Å². The molecule has 2 N–H and O–H groups in total. The molecule has 0 atom stereocenters. The molecule has 100 valence electrons. The maximum absolute atomic E-state index is 5.54. The van der Waals surface area contributed by atoms with Crippen LogP contribution in [0, 0.1) is 0 Å². The summed E-state index contributed by atoms with van der Waals surface area (Å²) in [4.78, 5) is 0.369. The van der Waals surface area contributed by atoms with Gasteiger partial charge in [0.25, 0.3) is 0 Å². The predicted octanol–water partition coefficient (Wildman–Crippen LogP) is 1.75. The minimum atomic E-state index is 0.369. The van der Waals surface area contributed by atoms with Gasteiger partial charge in [-0.05, 0) is 19.1 Å². The van der Waals surface area contributed by atoms with Gasteiger partial charge in [-0.25, -0.2) is 0 Å². The number of thiocarbonyl (C=S) groups is 1. The summed E-state index contributed by atoms with van der Waals surface area (Å²) in [6.07, 6.45) is 0. The molecular formula is C13H19NO3S. The Morgan fingerprint density at radius 1 is 1.17 bits per heavy atom. The van der Waals surface area contributed by atoms with Crippen molar-refractivity contribution < 1.29 is 14.2 Å². The quantitative estimate of drug-likeness (QED) is 0.547. The second kappa shape index (κ2) is 8.85. The standard InChI is InChI=1S/C13H19NO3S/c1-2-15-6-7-16-8-9-17-12-5-3-4-11(10-12)13(14)18/h3-5,10H,2,6-9H2,1H3,(H2,14,18). The molecule has 0 aliphatic heterocycles. The Bertz CT molecular complexity index is 371. The summed E-state index contributed by atoms with van der Waals surface area (Å²) in [6.45, 7) is 4.90. The topological polar surface area (TPSA) is 53.7 Å². The summed E-state index contributed by atoms with van der Waals surface area (Å²) >= 11 is 4.90. The summed E-state index contributed by atoms with van der Waals surface area (Å²) in [7, 11) is 0. The molecule has 0 aliphatic carbocycles. The van der Waals surface area contributed by atoms with E-state index in [4.69, 9.17) is 32.2 Å². The summed E-state index contributed by atoms with van der Waals surface area (Å²) in [5, 5.41) is 0. The molecule has 0 aliphatic rings. The summed E-state index contributed by atoms with van der Waals surface area (Å²) in [5.41, 5.74) is 6.35.